The van der Waals surface area contributed by atoms with Gasteiger partial charge in [0.2, 0.25) is 17.8 Å². The Hall–Kier alpha value is -1.67. The van der Waals surface area contributed by atoms with Crippen molar-refractivity contribution in [1.82, 2.24) is 15.0 Å². The summed E-state index contributed by atoms with van der Waals surface area (Å²) in [6.07, 6.45) is 3.53. The zero-order valence-electron chi connectivity index (χ0n) is 12.5. The van der Waals surface area contributed by atoms with E-state index in [0.717, 1.165) is 25.9 Å². The fraction of sp³-hybridized carbons (Fsp3) is 0.769. The molecule has 0 aromatic carbocycles. The largest absolute Gasteiger partial charge is 0.395 e. The fourth-order valence-electron chi connectivity index (χ4n) is 2.38. The third-order valence-corrected chi connectivity index (χ3v) is 3.49. The molecule has 1 fully saturated rings. The molecule has 21 heavy (non-hydrogen) atoms. The Morgan fingerprint density at radius 2 is 1.95 bits per heavy atom. The minimum absolute atomic E-state index is 0.0222. The molecule has 0 aliphatic carbocycles. The van der Waals surface area contributed by atoms with Crippen molar-refractivity contribution < 1.29 is 9.84 Å². The van der Waals surface area contributed by atoms with Crippen LogP contribution in [-0.4, -0.2) is 66.6 Å². The molecule has 8 nitrogen and oxygen atoms in total. The third-order valence-electron chi connectivity index (χ3n) is 3.49. The minimum atomic E-state index is 0.0222. The molecule has 0 bridgehead atoms. The summed E-state index contributed by atoms with van der Waals surface area (Å²) in [6.45, 7) is 3.48. The van der Waals surface area contributed by atoms with Gasteiger partial charge >= 0.3 is 0 Å². The highest BCUT2D eigenvalue weighted by Gasteiger charge is 2.18. The number of aliphatic hydroxyl groups excluding tert-OH is 1. The Morgan fingerprint density at radius 1 is 1.19 bits per heavy atom. The summed E-state index contributed by atoms with van der Waals surface area (Å²) in [5, 5.41) is 9.19. The number of nitrogens with zero attached hydrogens (tertiary/aromatic N) is 5. The van der Waals surface area contributed by atoms with E-state index in [0.29, 0.717) is 31.6 Å². The van der Waals surface area contributed by atoms with E-state index in [9.17, 15) is 5.11 Å². The zero-order valence-corrected chi connectivity index (χ0v) is 12.5. The van der Waals surface area contributed by atoms with E-state index >= 15 is 0 Å². The molecule has 3 N–H and O–H groups in total. The topological polar surface area (TPSA) is 101 Å². The van der Waals surface area contributed by atoms with Crippen molar-refractivity contribution in [1.29, 1.82) is 0 Å². The van der Waals surface area contributed by atoms with E-state index < -0.39 is 0 Å². The molecule has 1 aliphatic rings. The van der Waals surface area contributed by atoms with Crippen molar-refractivity contribution in [2.45, 2.75) is 19.3 Å². The first-order valence-electron chi connectivity index (χ1n) is 7.36. The molecular formula is C13H24N6O2. The maximum absolute atomic E-state index is 9.19. The molecule has 0 spiro atoms. The van der Waals surface area contributed by atoms with Crippen molar-refractivity contribution in [2.75, 3.05) is 62.0 Å². The van der Waals surface area contributed by atoms with Crippen LogP contribution in [0, 0.1) is 0 Å². The third kappa shape index (κ3) is 4.40. The van der Waals surface area contributed by atoms with Crippen molar-refractivity contribution >= 4 is 17.8 Å². The normalized spacial score (nSPS) is 15.2. The lowest BCUT2D eigenvalue weighted by Crippen LogP contribution is -2.35. The van der Waals surface area contributed by atoms with Gasteiger partial charge < -0.3 is 25.4 Å². The quantitative estimate of drug-likeness (QED) is 0.719. The molecule has 1 aromatic rings. The van der Waals surface area contributed by atoms with E-state index in [2.05, 4.69) is 19.9 Å². The molecule has 118 valence electrons. The summed E-state index contributed by atoms with van der Waals surface area (Å²) in [5.74, 6) is 1.33. The molecule has 1 saturated heterocycles. The van der Waals surface area contributed by atoms with Crippen molar-refractivity contribution in [3.05, 3.63) is 0 Å². The maximum atomic E-state index is 9.19. The number of piperidine rings is 1. The Morgan fingerprint density at radius 3 is 2.62 bits per heavy atom. The summed E-state index contributed by atoms with van der Waals surface area (Å²) in [4.78, 5) is 16.9. The predicted molar refractivity (Wildman–Crippen MR) is 81.5 cm³/mol. The van der Waals surface area contributed by atoms with Crippen LogP contribution >= 0.6 is 0 Å². The second-order valence-electron chi connectivity index (χ2n) is 5.04. The highest BCUT2D eigenvalue weighted by molar-refractivity contribution is 5.43. The summed E-state index contributed by atoms with van der Waals surface area (Å²) >= 11 is 0. The molecule has 8 heteroatoms. The predicted octanol–water partition coefficient (Wildman–Crippen LogP) is -0.111. The number of nitrogen functional groups attached to an aromatic ring is 1. The van der Waals surface area contributed by atoms with Crippen LogP contribution in [0.25, 0.3) is 0 Å². The van der Waals surface area contributed by atoms with Crippen LogP contribution in [0.15, 0.2) is 0 Å². The fourth-order valence-corrected chi connectivity index (χ4v) is 2.38. The van der Waals surface area contributed by atoms with Gasteiger partial charge in [-0.25, -0.2) is 0 Å². The monoisotopic (exact) mass is 296 g/mol. The summed E-state index contributed by atoms with van der Waals surface area (Å²) in [6, 6.07) is 0. The van der Waals surface area contributed by atoms with E-state index in [1.165, 1.54) is 6.42 Å². The second kappa shape index (κ2) is 7.94. The number of aromatic nitrogens is 3. The van der Waals surface area contributed by atoms with Gasteiger partial charge in [0.05, 0.1) is 13.2 Å². The van der Waals surface area contributed by atoms with Crippen LogP contribution in [0.2, 0.25) is 0 Å². The van der Waals surface area contributed by atoms with E-state index in [1.807, 2.05) is 4.90 Å². The van der Waals surface area contributed by atoms with Crippen LogP contribution in [-0.2, 0) is 4.74 Å². The number of hydrogen-bond acceptors (Lipinski definition) is 8. The molecule has 0 saturated carbocycles. The van der Waals surface area contributed by atoms with E-state index in [1.54, 1.807) is 7.11 Å². The Kier molecular flexibility index (Phi) is 5.94. The SMILES string of the molecule is COCCN(CCO)c1nc(N)nc(N2CCCCC2)n1. The van der Waals surface area contributed by atoms with Gasteiger partial charge in [0, 0.05) is 33.3 Å². The number of anilines is 3. The lowest BCUT2D eigenvalue weighted by molar-refractivity contribution is 0.202. The first-order chi connectivity index (χ1) is 10.2. The molecule has 0 radical (unpaired) electrons. The Balaban J connectivity index is 2.18. The standard InChI is InChI=1S/C13H24N6O2/c1-21-10-8-19(7-9-20)13-16-11(14)15-12(17-13)18-5-3-2-4-6-18/h20H,2-10H2,1H3,(H2,14,15,16,17). The first-order valence-corrected chi connectivity index (χ1v) is 7.36. The van der Waals surface area contributed by atoms with Gasteiger partial charge in [-0.05, 0) is 19.3 Å². The first kappa shape index (κ1) is 15.7. The van der Waals surface area contributed by atoms with Gasteiger partial charge in [0.25, 0.3) is 0 Å². The molecule has 0 atom stereocenters. The van der Waals surface area contributed by atoms with Crippen molar-refractivity contribution in [3.63, 3.8) is 0 Å². The van der Waals surface area contributed by atoms with Crippen LogP contribution in [0.1, 0.15) is 19.3 Å². The van der Waals surface area contributed by atoms with Crippen LogP contribution in [0.4, 0.5) is 17.8 Å². The highest BCUT2D eigenvalue weighted by Crippen LogP contribution is 2.19. The number of hydrogen-bond donors (Lipinski definition) is 2. The van der Waals surface area contributed by atoms with E-state index in [-0.39, 0.29) is 12.6 Å². The number of nitrogens with two attached hydrogens (primary N) is 1. The second-order valence-corrected chi connectivity index (χ2v) is 5.04. The number of ether oxygens (including phenoxy) is 1. The van der Waals surface area contributed by atoms with Crippen LogP contribution < -0.4 is 15.5 Å². The summed E-state index contributed by atoms with van der Waals surface area (Å²) in [5.41, 5.74) is 5.82. The number of methoxy groups -OCH3 is 1. The van der Waals surface area contributed by atoms with Gasteiger partial charge in [-0.2, -0.15) is 15.0 Å². The minimum Gasteiger partial charge on any atom is -0.395 e. The van der Waals surface area contributed by atoms with Gasteiger partial charge in [0.15, 0.2) is 0 Å². The molecule has 0 amide bonds. The van der Waals surface area contributed by atoms with Crippen LogP contribution in [0.5, 0.6) is 0 Å². The van der Waals surface area contributed by atoms with Gasteiger partial charge in [0.1, 0.15) is 0 Å². The average Bonchev–Trinajstić information content (AvgIpc) is 2.51. The molecule has 2 rings (SSSR count). The van der Waals surface area contributed by atoms with Gasteiger partial charge in [-0.3, -0.25) is 0 Å². The average molecular weight is 296 g/mol. The molecule has 1 aromatic heterocycles. The van der Waals surface area contributed by atoms with Gasteiger partial charge in [-0.15, -0.1) is 0 Å². The van der Waals surface area contributed by atoms with Crippen LogP contribution in [0.3, 0.4) is 0 Å². The van der Waals surface area contributed by atoms with Crippen molar-refractivity contribution in [2.24, 2.45) is 0 Å². The smallest absolute Gasteiger partial charge is 0.232 e. The van der Waals surface area contributed by atoms with E-state index in [4.69, 9.17) is 10.5 Å². The Bertz CT molecular complexity index is 439. The van der Waals surface area contributed by atoms with Crippen molar-refractivity contribution in [3.8, 4) is 0 Å². The van der Waals surface area contributed by atoms with Gasteiger partial charge in [-0.1, -0.05) is 0 Å². The lowest BCUT2D eigenvalue weighted by Gasteiger charge is -2.28. The molecule has 2 heterocycles. The highest BCUT2D eigenvalue weighted by atomic mass is 16.5. The number of rotatable bonds is 7. The summed E-state index contributed by atoms with van der Waals surface area (Å²) < 4.78 is 5.08. The Labute approximate surface area is 125 Å². The number of aliphatic hydroxyl groups is 1. The zero-order chi connectivity index (χ0) is 15.1. The maximum Gasteiger partial charge on any atom is 0.232 e. The lowest BCUT2D eigenvalue weighted by atomic mass is 10.1. The summed E-state index contributed by atoms with van der Waals surface area (Å²) in [7, 11) is 1.64. The molecule has 0 unspecified atom stereocenters. The molecule has 1 aliphatic heterocycles. The molecular weight excluding hydrogens is 272 g/mol.